The van der Waals surface area contributed by atoms with Crippen LogP contribution in [-0.2, 0) is 17.8 Å². The van der Waals surface area contributed by atoms with Gasteiger partial charge in [0.05, 0.1) is 42.1 Å². The lowest BCUT2D eigenvalue weighted by atomic mass is 9.91. The van der Waals surface area contributed by atoms with Gasteiger partial charge in [-0.3, -0.25) is 14.8 Å². The van der Waals surface area contributed by atoms with Crippen LogP contribution in [0.15, 0.2) is 30.6 Å². The molecule has 2 aliphatic rings. The molecule has 0 aliphatic carbocycles. The average Bonchev–Trinajstić information content (AvgIpc) is 2.91. The number of pyridine rings is 3. The molecule has 0 spiro atoms. The molecule has 5 heterocycles. The van der Waals surface area contributed by atoms with Crippen LogP contribution in [0.5, 0.6) is 17.4 Å². The van der Waals surface area contributed by atoms with Crippen molar-refractivity contribution in [2.24, 2.45) is 11.7 Å². The fourth-order valence-corrected chi connectivity index (χ4v) is 4.78. The molecule has 11 heteroatoms. The van der Waals surface area contributed by atoms with Crippen LogP contribution in [0.3, 0.4) is 0 Å². The maximum absolute atomic E-state index is 14.7. The zero-order valence-corrected chi connectivity index (χ0v) is 20.1. The number of amides is 1. The lowest BCUT2D eigenvalue weighted by Gasteiger charge is -2.37. The lowest BCUT2D eigenvalue weighted by Crippen LogP contribution is -2.54. The second-order valence-electron chi connectivity index (χ2n) is 8.96. The van der Waals surface area contributed by atoms with Gasteiger partial charge in [0.25, 0.3) is 0 Å². The number of nitrogens with one attached hydrogen (secondary N) is 1. The summed E-state index contributed by atoms with van der Waals surface area (Å²) >= 11 is 0. The molecule has 0 radical (unpaired) electrons. The van der Waals surface area contributed by atoms with Crippen LogP contribution in [0.2, 0.25) is 0 Å². The van der Waals surface area contributed by atoms with E-state index in [0.717, 1.165) is 18.7 Å². The smallest absolute Gasteiger partial charge is 0.223 e. The Kier molecular flexibility index (Phi) is 7.10. The number of methoxy groups -OCH3 is 1. The van der Waals surface area contributed by atoms with E-state index < -0.39 is 5.82 Å². The Morgan fingerprint density at radius 3 is 2.89 bits per heavy atom. The van der Waals surface area contributed by atoms with Crippen LogP contribution in [0.4, 0.5) is 4.39 Å². The highest BCUT2D eigenvalue weighted by Gasteiger charge is 2.33. The number of carbonyl (C=O) groups is 1. The van der Waals surface area contributed by atoms with E-state index in [1.54, 1.807) is 18.3 Å². The van der Waals surface area contributed by atoms with Crippen LogP contribution < -0.4 is 25.3 Å². The van der Waals surface area contributed by atoms with Gasteiger partial charge in [0, 0.05) is 43.4 Å². The van der Waals surface area contributed by atoms with Gasteiger partial charge >= 0.3 is 0 Å². The molecule has 1 fully saturated rings. The fourth-order valence-electron chi connectivity index (χ4n) is 4.78. The summed E-state index contributed by atoms with van der Waals surface area (Å²) in [6, 6.07) is 5.23. The van der Waals surface area contributed by atoms with E-state index in [2.05, 4.69) is 25.2 Å². The zero-order chi connectivity index (χ0) is 25.1. The lowest BCUT2D eigenvalue weighted by molar-refractivity contribution is -0.124. The molecule has 10 nitrogen and oxygen atoms in total. The summed E-state index contributed by atoms with van der Waals surface area (Å²) in [5.41, 5.74) is 8.15. The predicted octanol–water partition coefficient (Wildman–Crippen LogP) is 1.45. The number of ether oxygens (including phenoxy) is 3. The van der Waals surface area contributed by atoms with Gasteiger partial charge in [-0.1, -0.05) is 0 Å². The van der Waals surface area contributed by atoms with Gasteiger partial charge in [-0.25, -0.2) is 9.37 Å². The number of primary amides is 1. The van der Waals surface area contributed by atoms with Crippen LogP contribution in [0.25, 0.3) is 11.0 Å². The highest BCUT2D eigenvalue weighted by Crippen LogP contribution is 2.29. The number of aromatic nitrogens is 3. The first-order valence-corrected chi connectivity index (χ1v) is 12.0. The number of carbonyl (C=O) groups excluding carboxylic acids is 1. The molecule has 1 amide bonds. The normalized spacial score (nSPS) is 19.8. The second kappa shape index (κ2) is 10.6. The number of halogens is 1. The largest absolute Gasteiger partial charge is 0.486 e. The van der Waals surface area contributed by atoms with Gasteiger partial charge in [0.1, 0.15) is 19.0 Å². The molecule has 3 N–H and O–H groups in total. The summed E-state index contributed by atoms with van der Waals surface area (Å²) in [4.78, 5) is 27.4. The highest BCUT2D eigenvalue weighted by molar-refractivity contribution is 5.79. The maximum Gasteiger partial charge on any atom is 0.223 e. The van der Waals surface area contributed by atoms with Gasteiger partial charge in [-0.15, -0.1) is 0 Å². The van der Waals surface area contributed by atoms with Crippen LogP contribution in [0.1, 0.15) is 17.7 Å². The zero-order valence-electron chi connectivity index (χ0n) is 20.1. The van der Waals surface area contributed by atoms with Crippen molar-refractivity contribution >= 4 is 16.9 Å². The van der Waals surface area contributed by atoms with Gasteiger partial charge in [-0.05, 0) is 25.5 Å². The molecule has 190 valence electrons. The molecule has 2 atom stereocenters. The van der Waals surface area contributed by atoms with E-state index in [4.69, 9.17) is 19.9 Å². The Morgan fingerprint density at radius 1 is 1.25 bits per heavy atom. The standard InChI is InChI=1S/C25H29FN6O4/c1-34-23-3-2-20-24(31-23)16(18(26)12-30-20)4-6-32-7-5-19(17(14-32)25(27)33)29-11-15-10-21-22(13-28-15)36-9-8-35-21/h2-3,10,12-13,17,19,29H,4-9,11,14H2,1H3,(H2,27,33)/t17-,19+/m0/s1. The summed E-state index contributed by atoms with van der Waals surface area (Å²) in [7, 11) is 1.52. The topological polar surface area (TPSA) is 125 Å². The number of likely N-dealkylation sites (tertiary alicyclic amines) is 1. The average molecular weight is 497 g/mol. The van der Waals surface area contributed by atoms with E-state index in [0.29, 0.717) is 73.2 Å². The third-order valence-corrected chi connectivity index (χ3v) is 6.72. The number of hydrogen-bond acceptors (Lipinski definition) is 9. The molecular weight excluding hydrogens is 467 g/mol. The molecule has 3 aromatic heterocycles. The molecule has 0 unspecified atom stereocenters. The van der Waals surface area contributed by atoms with Crippen LogP contribution >= 0.6 is 0 Å². The van der Waals surface area contributed by atoms with Crippen molar-refractivity contribution in [3.63, 3.8) is 0 Å². The molecule has 5 rings (SSSR count). The first-order chi connectivity index (χ1) is 17.5. The van der Waals surface area contributed by atoms with Gasteiger partial charge in [0.2, 0.25) is 11.8 Å². The number of nitrogens with two attached hydrogens (primary N) is 1. The van der Waals surface area contributed by atoms with Gasteiger partial charge in [0.15, 0.2) is 11.5 Å². The third-order valence-electron chi connectivity index (χ3n) is 6.72. The van der Waals surface area contributed by atoms with Crippen molar-refractivity contribution < 1.29 is 23.4 Å². The monoisotopic (exact) mass is 496 g/mol. The SMILES string of the molecule is COc1ccc2ncc(F)c(CCN3CC[C@@H](NCc4cc5c(cn4)OCCO5)[C@@H](C(N)=O)C3)c2n1. The van der Waals surface area contributed by atoms with E-state index >= 15 is 0 Å². The van der Waals surface area contributed by atoms with Crippen LogP contribution in [0, 0.1) is 11.7 Å². The van der Waals surface area contributed by atoms with E-state index in [1.807, 2.05) is 6.07 Å². The maximum atomic E-state index is 14.7. The summed E-state index contributed by atoms with van der Waals surface area (Å²) in [6.07, 6.45) is 4.03. The number of piperidine rings is 1. The third kappa shape index (κ3) is 5.17. The molecule has 36 heavy (non-hydrogen) atoms. The second-order valence-corrected chi connectivity index (χ2v) is 8.96. The Labute approximate surface area is 208 Å². The molecule has 3 aromatic rings. The first-order valence-electron chi connectivity index (χ1n) is 12.0. The minimum atomic E-state index is -0.404. The fraction of sp³-hybridized carbons (Fsp3) is 0.440. The minimum Gasteiger partial charge on any atom is -0.486 e. The van der Waals surface area contributed by atoms with Crippen LogP contribution in [-0.4, -0.2) is 71.8 Å². The summed E-state index contributed by atoms with van der Waals surface area (Å²) in [5.74, 6) is 0.577. The van der Waals surface area contributed by atoms with E-state index in [1.165, 1.54) is 13.3 Å². The minimum absolute atomic E-state index is 0.0850. The number of nitrogens with zero attached hydrogens (tertiary/aromatic N) is 4. The van der Waals surface area contributed by atoms with Crippen molar-refractivity contribution in [3.8, 4) is 17.4 Å². The Hall–Kier alpha value is -3.57. The van der Waals surface area contributed by atoms with Crippen molar-refractivity contribution in [1.82, 2.24) is 25.2 Å². The first kappa shape index (κ1) is 24.1. The molecule has 0 bridgehead atoms. The molecule has 2 aliphatic heterocycles. The Bertz CT molecular complexity index is 1260. The van der Waals surface area contributed by atoms with Gasteiger partial charge in [-0.2, -0.15) is 0 Å². The van der Waals surface area contributed by atoms with Crippen molar-refractivity contribution in [1.29, 1.82) is 0 Å². The van der Waals surface area contributed by atoms with Crippen molar-refractivity contribution in [3.05, 3.63) is 47.7 Å². The summed E-state index contributed by atoms with van der Waals surface area (Å²) in [5, 5.41) is 3.44. The van der Waals surface area contributed by atoms with E-state index in [9.17, 15) is 9.18 Å². The van der Waals surface area contributed by atoms with E-state index in [-0.39, 0.29) is 17.9 Å². The molecule has 0 saturated carbocycles. The number of fused-ring (bicyclic) bond motifs is 2. The number of hydrogen-bond donors (Lipinski definition) is 2. The van der Waals surface area contributed by atoms with Crippen molar-refractivity contribution in [2.75, 3.05) is 40.0 Å². The molecule has 1 saturated heterocycles. The number of rotatable bonds is 8. The predicted molar refractivity (Wildman–Crippen MR) is 129 cm³/mol. The quantitative estimate of drug-likeness (QED) is 0.477. The molecular formula is C25H29FN6O4. The van der Waals surface area contributed by atoms with Gasteiger partial charge < -0.3 is 30.2 Å². The molecule has 0 aromatic carbocycles. The Morgan fingerprint density at radius 2 is 2.08 bits per heavy atom. The Balaban J connectivity index is 1.22. The van der Waals surface area contributed by atoms with Crippen molar-refractivity contribution in [2.45, 2.75) is 25.4 Å². The summed E-state index contributed by atoms with van der Waals surface area (Å²) in [6.45, 7) is 3.30. The summed E-state index contributed by atoms with van der Waals surface area (Å²) < 4.78 is 31.0. The highest BCUT2D eigenvalue weighted by atomic mass is 19.1.